The number of hydrogen-bond acceptors (Lipinski definition) is 4. The summed E-state index contributed by atoms with van der Waals surface area (Å²) >= 11 is 0. The zero-order valence-corrected chi connectivity index (χ0v) is 14.5. The van der Waals surface area contributed by atoms with Crippen molar-refractivity contribution < 1.29 is 18.6 Å². The average molecular weight is 343 g/mol. The Morgan fingerprint density at radius 1 is 1.12 bits per heavy atom. The molecule has 0 aliphatic carbocycles. The normalized spacial score (nSPS) is 13.4. The Kier molecular flexibility index (Phi) is 5.56. The van der Waals surface area contributed by atoms with E-state index in [-0.39, 0.29) is 11.6 Å². The standard InChI is InChI=1S/C20H22FNO3/c1-22(9-3-4-15-5-7-18(23-2)17(21)12-15)14-16-6-8-19-20(13-16)25-11-10-24-19/h3-8,12-13H,9-11,14H2,1-2H3. The smallest absolute Gasteiger partial charge is 0.165 e. The first-order valence-electron chi connectivity index (χ1n) is 8.23. The number of nitrogens with zero attached hydrogens (tertiary/aromatic N) is 1. The molecule has 2 aromatic carbocycles. The van der Waals surface area contributed by atoms with Crippen LogP contribution in [0.1, 0.15) is 11.1 Å². The Hall–Kier alpha value is -2.53. The average Bonchev–Trinajstić information content (AvgIpc) is 2.62. The molecule has 1 aliphatic rings. The molecule has 25 heavy (non-hydrogen) atoms. The Morgan fingerprint density at radius 3 is 2.68 bits per heavy atom. The fourth-order valence-corrected chi connectivity index (χ4v) is 2.72. The molecule has 0 saturated heterocycles. The van der Waals surface area contributed by atoms with E-state index in [4.69, 9.17) is 14.2 Å². The van der Waals surface area contributed by atoms with E-state index in [9.17, 15) is 4.39 Å². The lowest BCUT2D eigenvalue weighted by Crippen LogP contribution is -2.19. The Balaban J connectivity index is 1.55. The lowest BCUT2D eigenvalue weighted by Gasteiger charge is -2.20. The van der Waals surface area contributed by atoms with Gasteiger partial charge in [0.1, 0.15) is 13.2 Å². The minimum Gasteiger partial charge on any atom is -0.494 e. The van der Waals surface area contributed by atoms with Crippen LogP contribution in [0.3, 0.4) is 0 Å². The van der Waals surface area contributed by atoms with E-state index in [0.717, 1.165) is 35.7 Å². The zero-order valence-electron chi connectivity index (χ0n) is 14.5. The van der Waals surface area contributed by atoms with Crippen molar-refractivity contribution >= 4 is 6.08 Å². The molecule has 5 heteroatoms. The van der Waals surface area contributed by atoms with Crippen molar-refractivity contribution in [3.63, 3.8) is 0 Å². The summed E-state index contributed by atoms with van der Waals surface area (Å²) in [7, 11) is 3.50. The number of methoxy groups -OCH3 is 1. The molecule has 0 bridgehead atoms. The fraction of sp³-hybridized carbons (Fsp3) is 0.300. The van der Waals surface area contributed by atoms with E-state index < -0.39 is 0 Å². The van der Waals surface area contributed by atoms with Gasteiger partial charge in [-0.05, 0) is 42.4 Å². The third-order valence-corrected chi connectivity index (χ3v) is 3.96. The second kappa shape index (κ2) is 8.03. The first kappa shape index (κ1) is 17.3. The van der Waals surface area contributed by atoms with Crippen LogP contribution in [-0.2, 0) is 6.54 Å². The van der Waals surface area contributed by atoms with Crippen molar-refractivity contribution in [2.24, 2.45) is 0 Å². The van der Waals surface area contributed by atoms with Gasteiger partial charge in [-0.2, -0.15) is 0 Å². The quantitative estimate of drug-likeness (QED) is 0.799. The van der Waals surface area contributed by atoms with Gasteiger partial charge in [-0.15, -0.1) is 0 Å². The summed E-state index contributed by atoms with van der Waals surface area (Å²) in [5.41, 5.74) is 1.97. The van der Waals surface area contributed by atoms with E-state index >= 15 is 0 Å². The second-order valence-corrected chi connectivity index (χ2v) is 5.97. The largest absolute Gasteiger partial charge is 0.494 e. The van der Waals surface area contributed by atoms with E-state index in [0.29, 0.717) is 13.2 Å². The molecule has 0 N–H and O–H groups in total. The molecule has 132 valence electrons. The number of rotatable bonds is 6. The molecule has 0 unspecified atom stereocenters. The van der Waals surface area contributed by atoms with E-state index in [2.05, 4.69) is 4.90 Å². The molecule has 0 spiro atoms. The summed E-state index contributed by atoms with van der Waals surface area (Å²) < 4.78 is 29.7. The van der Waals surface area contributed by atoms with Crippen LogP contribution >= 0.6 is 0 Å². The summed E-state index contributed by atoms with van der Waals surface area (Å²) in [6.45, 7) is 2.73. The monoisotopic (exact) mass is 343 g/mol. The summed E-state index contributed by atoms with van der Waals surface area (Å²) in [6, 6.07) is 11.0. The molecule has 2 aromatic rings. The van der Waals surface area contributed by atoms with Gasteiger partial charge in [-0.1, -0.05) is 24.3 Å². The highest BCUT2D eigenvalue weighted by Crippen LogP contribution is 2.31. The van der Waals surface area contributed by atoms with Gasteiger partial charge in [-0.25, -0.2) is 4.39 Å². The van der Waals surface area contributed by atoms with Crippen molar-refractivity contribution in [3.8, 4) is 17.2 Å². The highest BCUT2D eigenvalue weighted by Gasteiger charge is 2.12. The van der Waals surface area contributed by atoms with Crippen LogP contribution in [0.5, 0.6) is 17.2 Å². The van der Waals surface area contributed by atoms with Gasteiger partial charge in [-0.3, -0.25) is 4.90 Å². The summed E-state index contributed by atoms with van der Waals surface area (Å²) in [5, 5.41) is 0. The number of ether oxygens (including phenoxy) is 3. The SMILES string of the molecule is COc1ccc(C=CCN(C)Cc2ccc3c(c2)OCCO3)cc1F. The Morgan fingerprint density at radius 2 is 1.92 bits per heavy atom. The summed E-state index contributed by atoms with van der Waals surface area (Å²) in [6.07, 6.45) is 3.92. The van der Waals surface area contributed by atoms with Crippen LogP contribution < -0.4 is 14.2 Å². The molecule has 0 aromatic heterocycles. The van der Waals surface area contributed by atoms with Crippen LogP contribution in [0, 0.1) is 5.82 Å². The van der Waals surface area contributed by atoms with Crippen LogP contribution in [0.2, 0.25) is 0 Å². The van der Waals surface area contributed by atoms with Crippen LogP contribution in [0.15, 0.2) is 42.5 Å². The van der Waals surface area contributed by atoms with Gasteiger partial charge < -0.3 is 14.2 Å². The molecule has 0 atom stereocenters. The highest BCUT2D eigenvalue weighted by atomic mass is 19.1. The topological polar surface area (TPSA) is 30.9 Å². The minimum absolute atomic E-state index is 0.257. The molecule has 3 rings (SSSR count). The number of benzene rings is 2. The third-order valence-electron chi connectivity index (χ3n) is 3.96. The Bertz CT molecular complexity index is 761. The maximum Gasteiger partial charge on any atom is 0.165 e. The van der Waals surface area contributed by atoms with Gasteiger partial charge in [0, 0.05) is 13.1 Å². The van der Waals surface area contributed by atoms with Gasteiger partial charge in [0.05, 0.1) is 7.11 Å². The van der Waals surface area contributed by atoms with Crippen molar-refractivity contribution in [2.45, 2.75) is 6.54 Å². The first-order valence-corrected chi connectivity index (χ1v) is 8.23. The van der Waals surface area contributed by atoms with Crippen molar-refractivity contribution in [3.05, 3.63) is 59.4 Å². The molecule has 0 radical (unpaired) electrons. The van der Waals surface area contributed by atoms with Crippen LogP contribution in [0.4, 0.5) is 4.39 Å². The molecule has 0 amide bonds. The van der Waals surface area contributed by atoms with Gasteiger partial charge >= 0.3 is 0 Å². The number of halogens is 1. The molecule has 4 nitrogen and oxygen atoms in total. The number of likely N-dealkylation sites (N-methyl/N-ethyl adjacent to an activating group) is 1. The minimum atomic E-state index is -0.353. The first-order chi connectivity index (χ1) is 12.2. The maximum atomic E-state index is 13.7. The van der Waals surface area contributed by atoms with Gasteiger partial charge in [0.15, 0.2) is 23.1 Å². The molecular formula is C20H22FNO3. The van der Waals surface area contributed by atoms with Crippen LogP contribution in [-0.4, -0.2) is 38.8 Å². The predicted octanol–water partition coefficient (Wildman–Crippen LogP) is 3.75. The number of hydrogen-bond donors (Lipinski definition) is 0. The highest BCUT2D eigenvalue weighted by molar-refractivity contribution is 5.51. The van der Waals surface area contributed by atoms with Crippen molar-refractivity contribution in [2.75, 3.05) is 33.9 Å². The fourth-order valence-electron chi connectivity index (χ4n) is 2.72. The lowest BCUT2D eigenvalue weighted by molar-refractivity contribution is 0.171. The summed E-state index contributed by atoms with van der Waals surface area (Å²) in [5.74, 6) is 1.52. The molecule has 0 fully saturated rings. The molecular weight excluding hydrogens is 321 g/mol. The van der Waals surface area contributed by atoms with Crippen molar-refractivity contribution in [1.82, 2.24) is 4.90 Å². The van der Waals surface area contributed by atoms with Crippen LogP contribution in [0.25, 0.3) is 6.08 Å². The lowest BCUT2D eigenvalue weighted by atomic mass is 10.1. The second-order valence-electron chi connectivity index (χ2n) is 5.97. The predicted molar refractivity (Wildman–Crippen MR) is 95.8 cm³/mol. The van der Waals surface area contributed by atoms with E-state index in [1.807, 2.05) is 43.5 Å². The van der Waals surface area contributed by atoms with E-state index in [1.54, 1.807) is 6.07 Å². The van der Waals surface area contributed by atoms with Gasteiger partial charge in [0.25, 0.3) is 0 Å². The zero-order chi connectivity index (χ0) is 17.6. The Labute approximate surface area is 147 Å². The molecule has 1 heterocycles. The van der Waals surface area contributed by atoms with E-state index in [1.165, 1.54) is 13.2 Å². The molecule has 0 saturated carbocycles. The van der Waals surface area contributed by atoms with Gasteiger partial charge in [0.2, 0.25) is 0 Å². The third kappa shape index (κ3) is 4.51. The number of fused-ring (bicyclic) bond motifs is 1. The molecule has 1 aliphatic heterocycles. The van der Waals surface area contributed by atoms with Crippen molar-refractivity contribution in [1.29, 1.82) is 0 Å². The maximum absolute atomic E-state index is 13.7. The summed E-state index contributed by atoms with van der Waals surface area (Å²) in [4.78, 5) is 2.17.